The van der Waals surface area contributed by atoms with E-state index in [0.717, 1.165) is 5.56 Å². The number of nitriles is 1. The number of esters is 1. The molecule has 0 aliphatic heterocycles. The molecule has 24 heavy (non-hydrogen) atoms. The summed E-state index contributed by atoms with van der Waals surface area (Å²) in [7, 11) is 0. The Morgan fingerprint density at radius 2 is 1.96 bits per heavy atom. The first kappa shape index (κ1) is 17.5. The standard InChI is InChI=1S/C19H21N3O2/c1-19(2,3)24-18(23)16(11-14-7-5-4-6-8-14)22-17-10-9-15(12-20)13-21-17/h4-10,13,16H,11H2,1-3H3,(H,21,22)/t16-/m1/s1. The van der Waals surface area contributed by atoms with Crippen molar-refractivity contribution >= 4 is 11.8 Å². The van der Waals surface area contributed by atoms with E-state index in [1.165, 1.54) is 6.20 Å². The highest BCUT2D eigenvalue weighted by molar-refractivity contribution is 5.79. The van der Waals surface area contributed by atoms with Gasteiger partial charge in [0, 0.05) is 12.6 Å². The van der Waals surface area contributed by atoms with Gasteiger partial charge < -0.3 is 10.1 Å². The third-order valence-corrected chi connectivity index (χ3v) is 3.19. The third-order valence-electron chi connectivity index (χ3n) is 3.19. The third kappa shape index (κ3) is 5.40. The predicted molar refractivity (Wildman–Crippen MR) is 92.4 cm³/mol. The Labute approximate surface area is 142 Å². The second-order valence-corrected chi connectivity index (χ2v) is 6.46. The molecule has 1 aromatic carbocycles. The molecule has 1 heterocycles. The van der Waals surface area contributed by atoms with Crippen LogP contribution in [0, 0.1) is 11.3 Å². The van der Waals surface area contributed by atoms with Crippen molar-refractivity contribution in [2.24, 2.45) is 0 Å². The average molecular weight is 323 g/mol. The van der Waals surface area contributed by atoms with Crippen LogP contribution in [0.15, 0.2) is 48.7 Å². The summed E-state index contributed by atoms with van der Waals surface area (Å²) in [6.45, 7) is 5.51. The molecule has 0 amide bonds. The lowest BCUT2D eigenvalue weighted by molar-refractivity contribution is -0.155. The molecule has 0 bridgehead atoms. The van der Waals surface area contributed by atoms with Crippen molar-refractivity contribution < 1.29 is 9.53 Å². The molecule has 0 saturated heterocycles. The van der Waals surface area contributed by atoms with Crippen LogP contribution < -0.4 is 5.32 Å². The predicted octanol–water partition coefficient (Wildman–Crippen LogP) is 3.32. The van der Waals surface area contributed by atoms with E-state index in [4.69, 9.17) is 10.00 Å². The fraction of sp³-hybridized carbons (Fsp3) is 0.316. The number of hydrogen-bond donors (Lipinski definition) is 1. The van der Waals surface area contributed by atoms with Crippen LogP contribution in [-0.2, 0) is 16.0 Å². The van der Waals surface area contributed by atoms with Gasteiger partial charge in [-0.15, -0.1) is 0 Å². The molecular formula is C19H21N3O2. The Morgan fingerprint density at radius 3 is 2.50 bits per heavy atom. The van der Waals surface area contributed by atoms with Crippen LogP contribution in [0.5, 0.6) is 0 Å². The summed E-state index contributed by atoms with van der Waals surface area (Å²) in [5.74, 6) is 0.193. The minimum atomic E-state index is -0.564. The van der Waals surface area contributed by atoms with Gasteiger partial charge in [-0.25, -0.2) is 9.78 Å². The number of ether oxygens (including phenoxy) is 1. The number of carbonyl (C=O) groups is 1. The molecule has 2 aromatic rings. The number of benzene rings is 1. The molecule has 0 aliphatic carbocycles. The maximum Gasteiger partial charge on any atom is 0.329 e. The molecule has 0 radical (unpaired) electrons. The Kier molecular flexibility index (Phi) is 5.54. The quantitative estimate of drug-likeness (QED) is 0.854. The molecule has 5 nitrogen and oxygen atoms in total. The average Bonchev–Trinajstić information content (AvgIpc) is 2.54. The van der Waals surface area contributed by atoms with Gasteiger partial charge >= 0.3 is 5.97 Å². The number of hydrogen-bond acceptors (Lipinski definition) is 5. The Hall–Kier alpha value is -2.87. The molecule has 2 rings (SSSR count). The molecule has 1 N–H and O–H groups in total. The van der Waals surface area contributed by atoms with Crippen LogP contribution >= 0.6 is 0 Å². The zero-order valence-corrected chi connectivity index (χ0v) is 14.1. The number of nitrogens with zero attached hydrogens (tertiary/aromatic N) is 2. The summed E-state index contributed by atoms with van der Waals surface area (Å²) >= 11 is 0. The van der Waals surface area contributed by atoms with E-state index in [9.17, 15) is 4.79 Å². The normalized spacial score (nSPS) is 12.1. The number of aromatic nitrogens is 1. The Bertz CT molecular complexity index is 713. The van der Waals surface area contributed by atoms with Gasteiger partial charge in [0.1, 0.15) is 23.5 Å². The minimum Gasteiger partial charge on any atom is -0.458 e. The summed E-state index contributed by atoms with van der Waals surface area (Å²) in [4.78, 5) is 16.7. The fourth-order valence-corrected chi connectivity index (χ4v) is 2.14. The van der Waals surface area contributed by atoms with Crippen molar-refractivity contribution in [3.8, 4) is 6.07 Å². The number of pyridine rings is 1. The maximum atomic E-state index is 12.5. The molecule has 0 aliphatic rings. The molecule has 0 saturated carbocycles. The largest absolute Gasteiger partial charge is 0.458 e. The van der Waals surface area contributed by atoms with Gasteiger partial charge in [-0.3, -0.25) is 0 Å². The number of rotatable bonds is 5. The van der Waals surface area contributed by atoms with Gasteiger partial charge in [-0.1, -0.05) is 30.3 Å². The van der Waals surface area contributed by atoms with E-state index in [0.29, 0.717) is 17.8 Å². The molecule has 0 fully saturated rings. The molecule has 124 valence electrons. The van der Waals surface area contributed by atoms with Gasteiger partial charge in [0.15, 0.2) is 0 Å². The van der Waals surface area contributed by atoms with Gasteiger partial charge in [0.05, 0.1) is 5.56 Å². The second-order valence-electron chi connectivity index (χ2n) is 6.46. The summed E-state index contributed by atoms with van der Waals surface area (Å²) in [5.41, 5.74) is 0.929. The molecule has 5 heteroatoms. The zero-order valence-electron chi connectivity index (χ0n) is 14.1. The van der Waals surface area contributed by atoms with Crippen molar-refractivity contribution in [2.45, 2.75) is 38.8 Å². The molecule has 1 aromatic heterocycles. The number of nitrogens with one attached hydrogen (secondary N) is 1. The minimum absolute atomic E-state index is 0.336. The van der Waals surface area contributed by atoms with Crippen LogP contribution in [0.3, 0.4) is 0 Å². The summed E-state index contributed by atoms with van der Waals surface area (Å²) in [5, 5.41) is 11.9. The Balaban J connectivity index is 2.17. The van der Waals surface area contributed by atoms with Crippen molar-refractivity contribution in [3.63, 3.8) is 0 Å². The topological polar surface area (TPSA) is 75.0 Å². The van der Waals surface area contributed by atoms with Crippen LogP contribution in [-0.4, -0.2) is 22.6 Å². The highest BCUT2D eigenvalue weighted by Crippen LogP contribution is 2.15. The lowest BCUT2D eigenvalue weighted by Gasteiger charge is -2.25. The Morgan fingerprint density at radius 1 is 1.25 bits per heavy atom. The van der Waals surface area contributed by atoms with Gasteiger partial charge in [0.25, 0.3) is 0 Å². The molecule has 0 spiro atoms. The number of carbonyl (C=O) groups excluding carboxylic acids is 1. The summed E-state index contributed by atoms with van der Waals surface area (Å²) < 4.78 is 5.51. The smallest absolute Gasteiger partial charge is 0.329 e. The lowest BCUT2D eigenvalue weighted by Crippen LogP contribution is -2.38. The lowest BCUT2D eigenvalue weighted by atomic mass is 10.1. The SMILES string of the molecule is CC(C)(C)OC(=O)[C@@H](Cc1ccccc1)Nc1ccc(C#N)cn1. The monoisotopic (exact) mass is 323 g/mol. The van der Waals surface area contributed by atoms with E-state index in [1.54, 1.807) is 12.1 Å². The second kappa shape index (κ2) is 7.60. The van der Waals surface area contributed by atoms with Crippen LogP contribution in [0.25, 0.3) is 0 Å². The first-order valence-electron chi connectivity index (χ1n) is 7.77. The fourth-order valence-electron chi connectivity index (χ4n) is 2.14. The van der Waals surface area contributed by atoms with Crippen molar-refractivity contribution in [1.82, 2.24) is 4.98 Å². The van der Waals surface area contributed by atoms with E-state index in [-0.39, 0.29) is 5.97 Å². The summed E-state index contributed by atoms with van der Waals surface area (Å²) in [6.07, 6.45) is 1.95. The summed E-state index contributed by atoms with van der Waals surface area (Å²) in [6, 6.07) is 14.5. The highest BCUT2D eigenvalue weighted by Gasteiger charge is 2.25. The van der Waals surface area contributed by atoms with Crippen LogP contribution in [0.1, 0.15) is 31.9 Å². The number of anilines is 1. The van der Waals surface area contributed by atoms with Crippen molar-refractivity contribution in [3.05, 3.63) is 59.8 Å². The van der Waals surface area contributed by atoms with E-state index >= 15 is 0 Å². The van der Waals surface area contributed by atoms with Crippen LogP contribution in [0.2, 0.25) is 0 Å². The van der Waals surface area contributed by atoms with Crippen molar-refractivity contribution in [2.75, 3.05) is 5.32 Å². The van der Waals surface area contributed by atoms with Gasteiger partial charge in [-0.2, -0.15) is 5.26 Å². The van der Waals surface area contributed by atoms with Crippen molar-refractivity contribution in [1.29, 1.82) is 5.26 Å². The maximum absolute atomic E-state index is 12.5. The zero-order chi connectivity index (χ0) is 17.6. The van der Waals surface area contributed by atoms with Gasteiger partial charge in [0.2, 0.25) is 0 Å². The van der Waals surface area contributed by atoms with E-state index < -0.39 is 11.6 Å². The molecule has 0 unspecified atom stereocenters. The first-order valence-corrected chi connectivity index (χ1v) is 7.77. The molecule has 1 atom stereocenters. The van der Waals surface area contributed by atoms with Crippen LogP contribution in [0.4, 0.5) is 5.82 Å². The highest BCUT2D eigenvalue weighted by atomic mass is 16.6. The van der Waals surface area contributed by atoms with E-state index in [2.05, 4.69) is 10.3 Å². The van der Waals surface area contributed by atoms with Gasteiger partial charge in [-0.05, 0) is 38.5 Å². The first-order chi connectivity index (χ1) is 11.4. The van der Waals surface area contributed by atoms with E-state index in [1.807, 2.05) is 57.2 Å². The molecular weight excluding hydrogens is 302 g/mol.